The van der Waals surface area contributed by atoms with Gasteiger partial charge in [0.1, 0.15) is 6.61 Å². The molecule has 1 aliphatic rings. The summed E-state index contributed by atoms with van der Waals surface area (Å²) in [5.74, 6) is 1.34. The van der Waals surface area contributed by atoms with E-state index in [0.717, 1.165) is 24.0 Å². The maximum absolute atomic E-state index is 11.8. The number of methoxy groups -OCH3 is 1. The third kappa shape index (κ3) is 5.97. The Morgan fingerprint density at radius 2 is 2.07 bits per heavy atom. The van der Waals surface area contributed by atoms with Crippen molar-refractivity contribution in [2.75, 3.05) is 7.11 Å². The van der Waals surface area contributed by atoms with Crippen LogP contribution in [0.15, 0.2) is 47.6 Å². The molecule has 1 amide bonds. The third-order valence-electron chi connectivity index (χ3n) is 5.03. The van der Waals surface area contributed by atoms with Crippen molar-refractivity contribution in [1.29, 1.82) is 0 Å². The molecule has 2 aromatic rings. The topological polar surface area (TPSA) is 84.0 Å². The maximum atomic E-state index is 11.8. The molecule has 1 heterocycles. The number of carbonyl (C=O) groups is 1. The molecule has 30 heavy (non-hydrogen) atoms. The normalized spacial score (nSPS) is 18.8. The Bertz CT molecular complexity index is 885. The van der Waals surface area contributed by atoms with E-state index in [1.807, 2.05) is 30.3 Å². The van der Waals surface area contributed by atoms with E-state index in [-0.39, 0.29) is 18.2 Å². The molecule has 2 aromatic carbocycles. The van der Waals surface area contributed by atoms with Crippen LogP contribution in [0.3, 0.4) is 0 Å². The summed E-state index contributed by atoms with van der Waals surface area (Å²) >= 11 is 0. The molecule has 160 valence electrons. The molecule has 3 rings (SSSR count). The average molecular weight is 411 g/mol. The monoisotopic (exact) mass is 410 g/mol. The Balaban J connectivity index is 1.59. The predicted octanol–water partition coefficient (Wildman–Crippen LogP) is 3.07. The van der Waals surface area contributed by atoms with Crippen LogP contribution < -0.4 is 25.5 Å². The van der Waals surface area contributed by atoms with E-state index < -0.39 is 0 Å². The molecule has 2 unspecified atom stereocenters. The van der Waals surface area contributed by atoms with Crippen molar-refractivity contribution in [2.24, 2.45) is 5.10 Å². The van der Waals surface area contributed by atoms with E-state index in [1.165, 1.54) is 5.56 Å². The summed E-state index contributed by atoms with van der Waals surface area (Å²) in [5, 5.41) is 10.4. The minimum Gasteiger partial charge on any atom is -0.493 e. The van der Waals surface area contributed by atoms with Crippen LogP contribution in [-0.4, -0.2) is 31.6 Å². The highest BCUT2D eigenvalue weighted by atomic mass is 16.5. The first-order valence-corrected chi connectivity index (χ1v) is 10.3. The lowest BCUT2D eigenvalue weighted by atomic mass is 10.1. The number of nitrogens with zero attached hydrogens (tertiary/aromatic N) is 1. The van der Waals surface area contributed by atoms with Gasteiger partial charge in [-0.05, 0) is 48.2 Å². The van der Waals surface area contributed by atoms with Gasteiger partial charge >= 0.3 is 0 Å². The van der Waals surface area contributed by atoms with Gasteiger partial charge in [0.25, 0.3) is 0 Å². The van der Waals surface area contributed by atoms with Crippen LogP contribution in [0.1, 0.15) is 42.9 Å². The molecule has 0 bridgehead atoms. The molecule has 0 spiro atoms. The molecule has 1 fully saturated rings. The van der Waals surface area contributed by atoms with Gasteiger partial charge in [0.05, 0.1) is 13.3 Å². The van der Waals surface area contributed by atoms with Crippen molar-refractivity contribution in [3.8, 4) is 11.5 Å². The Morgan fingerprint density at radius 3 is 2.83 bits per heavy atom. The van der Waals surface area contributed by atoms with Crippen LogP contribution in [-0.2, 0) is 11.4 Å². The van der Waals surface area contributed by atoms with Crippen molar-refractivity contribution in [1.82, 2.24) is 16.1 Å². The minimum atomic E-state index is -0.377. The van der Waals surface area contributed by atoms with Gasteiger partial charge in [0, 0.05) is 12.5 Å². The fraction of sp³-hybridized carbons (Fsp3) is 0.391. The van der Waals surface area contributed by atoms with Gasteiger partial charge < -0.3 is 14.8 Å². The highest BCUT2D eigenvalue weighted by Gasteiger charge is 2.24. The lowest BCUT2D eigenvalue weighted by molar-refractivity contribution is -0.124. The van der Waals surface area contributed by atoms with Gasteiger partial charge in [-0.2, -0.15) is 5.10 Å². The maximum Gasteiger partial charge on any atom is 0.224 e. The molecule has 1 saturated heterocycles. The number of hydrazone groups is 1. The standard InChI is InChI=1S/C23H30N4O3/c1-4-7-19-13-22(28)26-23(25-19)27-24-14-17-10-11-20(21(12-17)29-3)30-15-18-9-6-5-8-16(18)2/h5-6,8-12,14,19,23,25,27H,4,7,13,15H2,1-3H3,(H,26,28)/b24-14+. The number of aryl methyl sites for hydroxylation is 1. The molecule has 0 radical (unpaired) electrons. The average Bonchev–Trinajstić information content (AvgIpc) is 2.73. The predicted molar refractivity (Wildman–Crippen MR) is 118 cm³/mol. The van der Waals surface area contributed by atoms with Crippen molar-refractivity contribution >= 4 is 12.1 Å². The number of hydrogen-bond donors (Lipinski definition) is 3. The van der Waals surface area contributed by atoms with Crippen LogP contribution in [0.25, 0.3) is 0 Å². The molecular formula is C23H30N4O3. The SMILES string of the molecule is CCCC1CC(=O)NC(N/N=C/c2ccc(OCc3ccccc3C)c(OC)c2)N1. The summed E-state index contributed by atoms with van der Waals surface area (Å²) in [4.78, 5) is 11.8. The zero-order valence-corrected chi connectivity index (χ0v) is 17.8. The largest absolute Gasteiger partial charge is 0.493 e. The lowest BCUT2D eigenvalue weighted by Gasteiger charge is -2.30. The molecule has 1 aliphatic heterocycles. The molecule has 0 saturated carbocycles. The quantitative estimate of drug-likeness (QED) is 0.437. The van der Waals surface area contributed by atoms with Crippen molar-refractivity contribution in [3.63, 3.8) is 0 Å². The number of amides is 1. The van der Waals surface area contributed by atoms with E-state index in [4.69, 9.17) is 9.47 Å². The van der Waals surface area contributed by atoms with Gasteiger partial charge in [-0.1, -0.05) is 37.6 Å². The molecular weight excluding hydrogens is 380 g/mol. The number of carbonyl (C=O) groups excluding carboxylic acids is 1. The number of rotatable bonds is 9. The van der Waals surface area contributed by atoms with Gasteiger partial charge in [-0.3, -0.25) is 15.5 Å². The number of ether oxygens (including phenoxy) is 2. The first kappa shape index (κ1) is 21.6. The van der Waals surface area contributed by atoms with E-state index in [2.05, 4.69) is 47.1 Å². The second-order valence-electron chi connectivity index (χ2n) is 7.37. The third-order valence-corrected chi connectivity index (χ3v) is 5.03. The first-order chi connectivity index (χ1) is 14.6. The van der Waals surface area contributed by atoms with Crippen LogP contribution in [0.5, 0.6) is 11.5 Å². The minimum absolute atomic E-state index is 0.0247. The van der Waals surface area contributed by atoms with E-state index in [9.17, 15) is 4.79 Å². The van der Waals surface area contributed by atoms with E-state index >= 15 is 0 Å². The fourth-order valence-electron chi connectivity index (χ4n) is 3.38. The smallest absolute Gasteiger partial charge is 0.224 e. The van der Waals surface area contributed by atoms with Crippen LogP contribution in [0.4, 0.5) is 0 Å². The van der Waals surface area contributed by atoms with Crippen molar-refractivity contribution < 1.29 is 14.3 Å². The first-order valence-electron chi connectivity index (χ1n) is 10.3. The van der Waals surface area contributed by atoms with Gasteiger partial charge in [-0.25, -0.2) is 0 Å². The lowest BCUT2D eigenvalue weighted by Crippen LogP contribution is -2.61. The number of hydrogen-bond acceptors (Lipinski definition) is 6. The number of benzene rings is 2. The van der Waals surface area contributed by atoms with Gasteiger partial charge in [0.2, 0.25) is 5.91 Å². The Kier molecular flexibility index (Phi) is 7.68. The molecule has 3 N–H and O–H groups in total. The zero-order chi connectivity index (χ0) is 21.3. The second-order valence-corrected chi connectivity index (χ2v) is 7.37. The van der Waals surface area contributed by atoms with Gasteiger partial charge in [-0.15, -0.1) is 0 Å². The summed E-state index contributed by atoms with van der Waals surface area (Å²) in [6.45, 7) is 4.65. The summed E-state index contributed by atoms with van der Waals surface area (Å²) in [5.41, 5.74) is 6.13. The van der Waals surface area contributed by atoms with Crippen molar-refractivity contribution in [3.05, 3.63) is 59.2 Å². The van der Waals surface area contributed by atoms with Crippen molar-refractivity contribution in [2.45, 2.75) is 52.0 Å². The Labute approximate surface area is 177 Å². The molecule has 7 nitrogen and oxygen atoms in total. The molecule has 7 heteroatoms. The van der Waals surface area contributed by atoms with Crippen LogP contribution in [0, 0.1) is 6.92 Å². The van der Waals surface area contributed by atoms with E-state index in [0.29, 0.717) is 24.5 Å². The highest BCUT2D eigenvalue weighted by Crippen LogP contribution is 2.28. The Morgan fingerprint density at radius 1 is 1.23 bits per heavy atom. The summed E-state index contributed by atoms with van der Waals surface area (Å²) < 4.78 is 11.4. The summed E-state index contributed by atoms with van der Waals surface area (Å²) in [6, 6.07) is 14.0. The molecule has 0 aromatic heterocycles. The fourth-order valence-corrected chi connectivity index (χ4v) is 3.38. The van der Waals surface area contributed by atoms with E-state index in [1.54, 1.807) is 13.3 Å². The Hall–Kier alpha value is -3.06. The van der Waals surface area contributed by atoms with Gasteiger partial charge in [0.15, 0.2) is 17.8 Å². The summed E-state index contributed by atoms with van der Waals surface area (Å²) in [7, 11) is 1.62. The van der Waals surface area contributed by atoms with Crippen LogP contribution in [0.2, 0.25) is 0 Å². The summed E-state index contributed by atoms with van der Waals surface area (Å²) in [6.07, 6.45) is 3.79. The van der Waals surface area contributed by atoms with Crippen LogP contribution >= 0.6 is 0 Å². The second kappa shape index (κ2) is 10.6. The molecule has 2 atom stereocenters. The number of nitrogens with one attached hydrogen (secondary N) is 3. The molecule has 0 aliphatic carbocycles. The zero-order valence-electron chi connectivity index (χ0n) is 17.8. The highest BCUT2D eigenvalue weighted by molar-refractivity contribution is 5.81.